The third-order valence-electron chi connectivity index (χ3n) is 4.68. The lowest BCUT2D eigenvalue weighted by atomic mass is 9.96. The molecule has 0 aliphatic carbocycles. The lowest BCUT2D eigenvalue weighted by molar-refractivity contribution is -0.121. The topological polar surface area (TPSA) is 62.5 Å². The maximum Gasteiger partial charge on any atom is 0.228 e. The van der Waals surface area contributed by atoms with Gasteiger partial charge in [-0.05, 0) is 37.1 Å². The summed E-state index contributed by atoms with van der Waals surface area (Å²) in [5, 5.41) is 10.9. The highest BCUT2D eigenvalue weighted by atomic mass is 16.1. The average Bonchev–Trinajstić information content (AvgIpc) is 3.10. The maximum atomic E-state index is 12.7. The van der Waals surface area contributed by atoms with Crippen LogP contribution >= 0.6 is 0 Å². The number of pyridine rings is 1. The summed E-state index contributed by atoms with van der Waals surface area (Å²) >= 11 is 0. The van der Waals surface area contributed by atoms with Crippen LogP contribution in [-0.2, 0) is 11.3 Å². The highest BCUT2D eigenvalue weighted by Gasteiger charge is 2.25. The second-order valence-corrected chi connectivity index (χ2v) is 6.56. The van der Waals surface area contributed by atoms with Gasteiger partial charge in [0.15, 0.2) is 5.65 Å². The molecule has 3 heterocycles. The minimum atomic E-state index is 0.0223. The number of carbonyl (C=O) groups excluding carboxylic acids is 1. The standard InChI is InChI=1S/C19H21N5O/c25-19(21-17-8-9-18-22-20-14-24(18)13-17)16-7-4-10-23(12-16)11-15-5-2-1-3-6-15/h1-3,5-6,8-9,13-14,16H,4,7,10-12H2,(H,21,25)/t16-/m1/s1. The molecule has 1 N–H and O–H groups in total. The highest BCUT2D eigenvalue weighted by Crippen LogP contribution is 2.20. The van der Waals surface area contributed by atoms with Crippen molar-refractivity contribution < 1.29 is 4.79 Å². The fourth-order valence-corrected chi connectivity index (χ4v) is 3.40. The number of nitrogens with one attached hydrogen (secondary N) is 1. The van der Waals surface area contributed by atoms with Crippen molar-refractivity contribution in [1.29, 1.82) is 0 Å². The number of fused-ring (bicyclic) bond motifs is 1. The van der Waals surface area contributed by atoms with E-state index >= 15 is 0 Å². The van der Waals surface area contributed by atoms with Crippen LogP contribution in [0, 0.1) is 5.92 Å². The van der Waals surface area contributed by atoms with Gasteiger partial charge in [-0.25, -0.2) is 0 Å². The van der Waals surface area contributed by atoms with Crippen LogP contribution in [0.3, 0.4) is 0 Å². The van der Waals surface area contributed by atoms with Crippen LogP contribution in [0.2, 0.25) is 0 Å². The molecule has 0 bridgehead atoms. The molecule has 0 radical (unpaired) electrons. The van der Waals surface area contributed by atoms with Crippen LogP contribution in [0.1, 0.15) is 18.4 Å². The van der Waals surface area contributed by atoms with E-state index in [2.05, 4.69) is 44.7 Å². The molecule has 25 heavy (non-hydrogen) atoms. The SMILES string of the molecule is O=C(Nc1ccc2nncn2c1)[C@@H]1CCCN(Cc2ccccc2)C1. The summed E-state index contributed by atoms with van der Waals surface area (Å²) in [5.74, 6) is 0.110. The van der Waals surface area contributed by atoms with E-state index < -0.39 is 0 Å². The van der Waals surface area contributed by atoms with Gasteiger partial charge in [0.1, 0.15) is 6.33 Å². The summed E-state index contributed by atoms with van der Waals surface area (Å²) in [5.41, 5.74) is 2.84. The molecule has 0 saturated carbocycles. The third-order valence-corrected chi connectivity index (χ3v) is 4.68. The van der Waals surface area contributed by atoms with Gasteiger partial charge in [0.2, 0.25) is 5.91 Å². The molecule has 1 saturated heterocycles. The van der Waals surface area contributed by atoms with Crippen LogP contribution in [0.25, 0.3) is 5.65 Å². The molecule has 1 atom stereocenters. The van der Waals surface area contributed by atoms with Crippen molar-refractivity contribution in [2.45, 2.75) is 19.4 Å². The molecule has 0 spiro atoms. The molecular weight excluding hydrogens is 314 g/mol. The molecule has 1 amide bonds. The van der Waals surface area contributed by atoms with Gasteiger partial charge in [-0.3, -0.25) is 14.1 Å². The van der Waals surface area contributed by atoms with Crippen molar-refractivity contribution in [3.05, 3.63) is 60.6 Å². The van der Waals surface area contributed by atoms with Gasteiger partial charge in [0, 0.05) is 19.3 Å². The van der Waals surface area contributed by atoms with E-state index in [4.69, 9.17) is 0 Å². The maximum absolute atomic E-state index is 12.7. The van der Waals surface area contributed by atoms with Gasteiger partial charge in [0.05, 0.1) is 11.6 Å². The lowest BCUT2D eigenvalue weighted by Crippen LogP contribution is -2.40. The van der Waals surface area contributed by atoms with Gasteiger partial charge >= 0.3 is 0 Å². The molecule has 3 aromatic rings. The summed E-state index contributed by atoms with van der Waals surface area (Å²) in [4.78, 5) is 15.0. The number of hydrogen-bond acceptors (Lipinski definition) is 4. The van der Waals surface area contributed by atoms with Gasteiger partial charge in [0.25, 0.3) is 0 Å². The number of rotatable bonds is 4. The molecule has 6 heteroatoms. The monoisotopic (exact) mass is 335 g/mol. The number of anilines is 1. The normalized spacial score (nSPS) is 18.3. The zero-order chi connectivity index (χ0) is 17.1. The number of amides is 1. The van der Waals surface area contributed by atoms with Crippen molar-refractivity contribution in [2.75, 3.05) is 18.4 Å². The number of aromatic nitrogens is 3. The Morgan fingerprint density at radius 1 is 1.20 bits per heavy atom. The molecule has 1 aliphatic rings. The van der Waals surface area contributed by atoms with Gasteiger partial charge < -0.3 is 5.32 Å². The van der Waals surface area contributed by atoms with E-state index in [1.54, 1.807) is 10.7 Å². The van der Waals surface area contributed by atoms with E-state index in [9.17, 15) is 4.79 Å². The van der Waals surface area contributed by atoms with Gasteiger partial charge in [-0.15, -0.1) is 10.2 Å². The second kappa shape index (κ2) is 7.03. The first kappa shape index (κ1) is 15.8. The molecule has 6 nitrogen and oxygen atoms in total. The Labute approximate surface area is 146 Å². The lowest BCUT2D eigenvalue weighted by Gasteiger charge is -2.32. The molecule has 0 unspecified atom stereocenters. The summed E-state index contributed by atoms with van der Waals surface area (Å²) < 4.78 is 1.80. The Bertz CT molecular complexity index is 860. The summed E-state index contributed by atoms with van der Waals surface area (Å²) in [6, 6.07) is 14.1. The van der Waals surface area contributed by atoms with E-state index in [1.165, 1.54) is 5.56 Å². The Hall–Kier alpha value is -2.73. The van der Waals surface area contributed by atoms with Crippen LogP contribution < -0.4 is 5.32 Å². The van der Waals surface area contributed by atoms with Crippen molar-refractivity contribution in [1.82, 2.24) is 19.5 Å². The Morgan fingerprint density at radius 2 is 2.08 bits per heavy atom. The molecular formula is C19H21N5O. The zero-order valence-electron chi connectivity index (χ0n) is 14.0. The molecule has 4 rings (SSSR count). The number of carbonyl (C=O) groups is 1. The Kier molecular flexibility index (Phi) is 4.43. The van der Waals surface area contributed by atoms with Crippen LogP contribution in [0.4, 0.5) is 5.69 Å². The average molecular weight is 335 g/mol. The summed E-state index contributed by atoms with van der Waals surface area (Å²) in [6.07, 6.45) is 5.46. The van der Waals surface area contributed by atoms with E-state index in [-0.39, 0.29) is 11.8 Å². The number of nitrogens with zero attached hydrogens (tertiary/aromatic N) is 4. The number of piperidine rings is 1. The quantitative estimate of drug-likeness (QED) is 0.796. The first-order chi connectivity index (χ1) is 12.3. The second-order valence-electron chi connectivity index (χ2n) is 6.56. The van der Waals surface area contributed by atoms with Crippen molar-refractivity contribution in [3.63, 3.8) is 0 Å². The molecule has 128 valence electrons. The van der Waals surface area contributed by atoms with E-state index in [0.29, 0.717) is 0 Å². The van der Waals surface area contributed by atoms with Crippen molar-refractivity contribution in [2.24, 2.45) is 5.92 Å². The summed E-state index contributed by atoms with van der Waals surface area (Å²) in [6.45, 7) is 2.75. The van der Waals surface area contributed by atoms with Crippen LogP contribution in [0.15, 0.2) is 55.0 Å². The highest BCUT2D eigenvalue weighted by molar-refractivity contribution is 5.92. The number of benzene rings is 1. The Morgan fingerprint density at radius 3 is 2.96 bits per heavy atom. The third kappa shape index (κ3) is 3.69. The van der Waals surface area contributed by atoms with Crippen LogP contribution in [-0.4, -0.2) is 38.5 Å². The van der Waals surface area contributed by atoms with Crippen LogP contribution in [0.5, 0.6) is 0 Å². The molecule has 1 aromatic carbocycles. The minimum Gasteiger partial charge on any atom is -0.324 e. The van der Waals surface area contributed by atoms with Crippen molar-refractivity contribution in [3.8, 4) is 0 Å². The molecule has 2 aromatic heterocycles. The zero-order valence-corrected chi connectivity index (χ0v) is 14.0. The molecule has 1 aliphatic heterocycles. The number of hydrogen-bond donors (Lipinski definition) is 1. The smallest absolute Gasteiger partial charge is 0.228 e. The Balaban J connectivity index is 1.39. The predicted octanol–water partition coefficient (Wildman–Crippen LogP) is 2.58. The largest absolute Gasteiger partial charge is 0.324 e. The first-order valence-corrected chi connectivity index (χ1v) is 8.64. The summed E-state index contributed by atoms with van der Waals surface area (Å²) in [7, 11) is 0. The predicted molar refractivity (Wildman–Crippen MR) is 96.1 cm³/mol. The fourth-order valence-electron chi connectivity index (χ4n) is 3.40. The number of likely N-dealkylation sites (tertiary alicyclic amines) is 1. The van der Waals surface area contributed by atoms with Gasteiger partial charge in [-0.1, -0.05) is 30.3 Å². The molecule has 1 fully saturated rings. The van der Waals surface area contributed by atoms with E-state index in [1.807, 2.05) is 24.4 Å². The minimum absolute atomic E-state index is 0.0223. The first-order valence-electron chi connectivity index (χ1n) is 8.64. The van der Waals surface area contributed by atoms with Crippen molar-refractivity contribution >= 4 is 17.2 Å². The van der Waals surface area contributed by atoms with E-state index in [0.717, 1.165) is 43.8 Å². The van der Waals surface area contributed by atoms with Gasteiger partial charge in [-0.2, -0.15) is 0 Å². The fraction of sp³-hybridized carbons (Fsp3) is 0.316.